The van der Waals surface area contributed by atoms with E-state index < -0.39 is 23.8 Å². The maximum absolute atomic E-state index is 14.3. The third-order valence-corrected chi connectivity index (χ3v) is 9.96. The second-order valence-corrected chi connectivity index (χ2v) is 14.6. The molecule has 256 valence electrons. The second kappa shape index (κ2) is 14.7. The molecule has 3 aromatic rings. The van der Waals surface area contributed by atoms with Crippen LogP contribution in [0.1, 0.15) is 69.2 Å². The molecule has 0 bridgehead atoms. The van der Waals surface area contributed by atoms with Gasteiger partial charge in [-0.3, -0.25) is 19.4 Å². The molecule has 2 aromatic carbocycles. The van der Waals surface area contributed by atoms with Gasteiger partial charge in [-0.05, 0) is 62.4 Å². The summed E-state index contributed by atoms with van der Waals surface area (Å²) in [4.78, 5) is 51.9. The maximum Gasteiger partial charge on any atom is 0.411 e. The number of hydrogen-bond acceptors (Lipinski definition) is 7. The number of amides is 3. The summed E-state index contributed by atoms with van der Waals surface area (Å²) in [5.74, 6) is -0.506. The molecule has 0 unspecified atom stereocenters. The van der Waals surface area contributed by atoms with E-state index in [1.807, 2.05) is 52.3 Å². The summed E-state index contributed by atoms with van der Waals surface area (Å²) in [6.45, 7) is 8.28. The summed E-state index contributed by atoms with van der Waals surface area (Å²) >= 11 is 6.16. The summed E-state index contributed by atoms with van der Waals surface area (Å²) in [7, 11) is 0. The van der Waals surface area contributed by atoms with E-state index in [0.29, 0.717) is 37.0 Å². The van der Waals surface area contributed by atoms with Gasteiger partial charge in [0.15, 0.2) is 0 Å². The van der Waals surface area contributed by atoms with Crippen molar-refractivity contribution < 1.29 is 19.1 Å². The van der Waals surface area contributed by atoms with Gasteiger partial charge < -0.3 is 15.0 Å². The van der Waals surface area contributed by atoms with Crippen LogP contribution < -0.4 is 5.32 Å². The number of aromatic nitrogens is 3. The van der Waals surface area contributed by atoms with Crippen LogP contribution >= 0.6 is 11.6 Å². The largest absolute Gasteiger partial charge is 0.444 e. The molecule has 48 heavy (non-hydrogen) atoms. The van der Waals surface area contributed by atoms with Crippen LogP contribution in [-0.2, 0) is 33.7 Å². The molecule has 1 saturated heterocycles. The van der Waals surface area contributed by atoms with Gasteiger partial charge in [-0.1, -0.05) is 60.8 Å². The second-order valence-electron chi connectivity index (χ2n) is 14.1. The minimum atomic E-state index is -0.827. The highest BCUT2D eigenvalue weighted by molar-refractivity contribution is 6.30. The highest BCUT2D eigenvalue weighted by atomic mass is 35.5. The fourth-order valence-electron chi connectivity index (χ4n) is 7.30. The summed E-state index contributed by atoms with van der Waals surface area (Å²) in [5.41, 5.74) is 2.13. The van der Waals surface area contributed by atoms with E-state index in [1.165, 1.54) is 17.7 Å². The smallest absolute Gasteiger partial charge is 0.411 e. The predicted octanol–water partition coefficient (Wildman–Crippen LogP) is 4.65. The third-order valence-electron chi connectivity index (χ3n) is 9.71. The molecule has 1 saturated carbocycles. The average molecular weight is 676 g/mol. The van der Waals surface area contributed by atoms with Gasteiger partial charge in [0.25, 0.3) is 0 Å². The van der Waals surface area contributed by atoms with E-state index in [4.69, 9.17) is 16.3 Å². The molecule has 0 spiro atoms. The number of halogens is 1. The molecular formula is C36H46ClN7O4. The van der Waals surface area contributed by atoms with Gasteiger partial charge >= 0.3 is 6.09 Å². The van der Waals surface area contributed by atoms with Gasteiger partial charge in [-0.25, -0.2) is 14.5 Å². The Morgan fingerprint density at radius 1 is 0.958 bits per heavy atom. The first-order chi connectivity index (χ1) is 23.1. The average Bonchev–Trinajstić information content (AvgIpc) is 3.62. The molecule has 11 nitrogen and oxygen atoms in total. The Morgan fingerprint density at radius 2 is 1.65 bits per heavy atom. The fourth-order valence-corrected chi connectivity index (χ4v) is 7.43. The standard InChI is InChI=1S/C36H46ClN7O4/c1-36(2,3)48-35(47)43-22-27-9-5-4-8-26(27)21-32(43)33(45)40-29(20-25-12-14-28(37)15-13-25)34(46)42-18-16-41(17-19-42)30-10-6-7-11-31(30)44-24-38-23-39-44/h4-5,8-9,12-15,23-24,29-32H,6-7,10-11,16-22H2,1-3H3,(H,40,45)/t29-,30+,31+,32-/m1/s1. The van der Waals surface area contributed by atoms with Gasteiger partial charge in [0, 0.05) is 50.1 Å². The Hall–Kier alpha value is -3.96. The molecule has 1 N–H and O–H groups in total. The molecule has 1 aliphatic carbocycles. The first kappa shape index (κ1) is 33.9. The number of nitrogens with one attached hydrogen (secondary N) is 1. The van der Waals surface area contributed by atoms with Crippen molar-refractivity contribution in [1.29, 1.82) is 0 Å². The number of fused-ring (bicyclic) bond motifs is 1. The van der Waals surface area contributed by atoms with Crippen LogP contribution in [0, 0.1) is 0 Å². The molecule has 2 aliphatic heterocycles. The van der Waals surface area contributed by atoms with E-state index in [0.717, 1.165) is 42.6 Å². The zero-order chi connectivity index (χ0) is 33.8. The number of nitrogens with zero attached hydrogens (tertiary/aromatic N) is 6. The van der Waals surface area contributed by atoms with Crippen molar-refractivity contribution in [2.75, 3.05) is 26.2 Å². The Labute approximate surface area is 287 Å². The highest BCUT2D eigenvalue weighted by Crippen LogP contribution is 2.32. The van der Waals surface area contributed by atoms with Crippen LogP contribution in [0.4, 0.5) is 4.79 Å². The zero-order valence-electron chi connectivity index (χ0n) is 28.1. The lowest BCUT2D eigenvalue weighted by atomic mass is 9.89. The van der Waals surface area contributed by atoms with Crippen LogP contribution in [0.15, 0.2) is 61.2 Å². The van der Waals surface area contributed by atoms with Crippen molar-refractivity contribution in [1.82, 2.24) is 34.8 Å². The van der Waals surface area contributed by atoms with Crippen molar-refractivity contribution in [3.05, 3.63) is 82.9 Å². The van der Waals surface area contributed by atoms with Crippen LogP contribution in [0.2, 0.25) is 5.02 Å². The van der Waals surface area contributed by atoms with Gasteiger partial charge in [0.2, 0.25) is 11.8 Å². The Bertz CT molecular complexity index is 1570. The Balaban J connectivity index is 1.19. The van der Waals surface area contributed by atoms with Crippen molar-refractivity contribution >= 4 is 29.5 Å². The molecule has 6 rings (SSSR count). The number of benzene rings is 2. The molecule has 12 heteroatoms. The lowest BCUT2D eigenvalue weighted by Crippen LogP contribution is -2.60. The number of piperazine rings is 1. The summed E-state index contributed by atoms with van der Waals surface area (Å²) in [6, 6.07) is 14.1. The lowest BCUT2D eigenvalue weighted by molar-refractivity contribution is -0.139. The van der Waals surface area contributed by atoms with E-state index in [-0.39, 0.29) is 24.4 Å². The minimum absolute atomic E-state index is 0.130. The minimum Gasteiger partial charge on any atom is -0.444 e. The van der Waals surface area contributed by atoms with Crippen molar-refractivity contribution in [3.8, 4) is 0 Å². The normalized spacial score (nSPS) is 22.5. The van der Waals surface area contributed by atoms with Crippen molar-refractivity contribution in [2.45, 2.75) is 95.6 Å². The zero-order valence-corrected chi connectivity index (χ0v) is 28.8. The van der Waals surface area contributed by atoms with Crippen molar-refractivity contribution in [3.63, 3.8) is 0 Å². The van der Waals surface area contributed by atoms with Gasteiger partial charge in [0.05, 0.1) is 12.6 Å². The maximum atomic E-state index is 14.3. The molecule has 3 amide bonds. The number of hydrogen-bond donors (Lipinski definition) is 1. The molecule has 0 radical (unpaired) electrons. The molecule has 1 aromatic heterocycles. The van der Waals surface area contributed by atoms with Crippen molar-refractivity contribution in [2.24, 2.45) is 0 Å². The monoisotopic (exact) mass is 675 g/mol. The predicted molar refractivity (Wildman–Crippen MR) is 182 cm³/mol. The molecule has 3 aliphatic rings. The number of rotatable bonds is 7. The molecule has 3 heterocycles. The van der Waals surface area contributed by atoms with E-state index in [2.05, 4.69) is 20.3 Å². The van der Waals surface area contributed by atoms with Gasteiger partial charge in [-0.2, -0.15) is 5.10 Å². The third kappa shape index (κ3) is 8.01. The Morgan fingerprint density at radius 3 is 2.31 bits per heavy atom. The molecule has 2 fully saturated rings. The number of carbonyl (C=O) groups excluding carboxylic acids is 3. The Kier molecular flexibility index (Phi) is 10.4. The first-order valence-corrected chi connectivity index (χ1v) is 17.4. The first-order valence-electron chi connectivity index (χ1n) is 17.0. The van der Waals surface area contributed by atoms with E-state index >= 15 is 0 Å². The summed E-state index contributed by atoms with van der Waals surface area (Å²) in [5, 5.41) is 8.12. The van der Waals surface area contributed by atoms with Crippen LogP contribution in [0.25, 0.3) is 0 Å². The molecular weight excluding hydrogens is 630 g/mol. The summed E-state index contributed by atoms with van der Waals surface area (Å²) in [6.07, 6.45) is 7.98. The highest BCUT2D eigenvalue weighted by Gasteiger charge is 2.40. The molecule has 4 atom stereocenters. The van der Waals surface area contributed by atoms with E-state index in [9.17, 15) is 14.4 Å². The van der Waals surface area contributed by atoms with Gasteiger partial charge in [0.1, 0.15) is 30.3 Å². The number of carbonyl (C=O) groups is 3. The SMILES string of the molecule is CC(C)(C)OC(=O)N1Cc2ccccc2C[C@@H]1C(=O)N[C@H](Cc1ccc(Cl)cc1)C(=O)N1CCN([C@H]2CCCC[C@@H]2n2cncn2)CC1. The fraction of sp³-hybridized carbons (Fsp3) is 0.528. The van der Waals surface area contributed by atoms with E-state index in [1.54, 1.807) is 39.2 Å². The topological polar surface area (TPSA) is 113 Å². The quantitative estimate of drug-likeness (QED) is 0.388. The van der Waals surface area contributed by atoms with Crippen LogP contribution in [0.5, 0.6) is 0 Å². The summed E-state index contributed by atoms with van der Waals surface area (Å²) < 4.78 is 7.71. The number of ether oxygens (including phenoxy) is 1. The lowest BCUT2D eigenvalue weighted by Gasteiger charge is -2.44. The van der Waals surface area contributed by atoms with Crippen LogP contribution in [-0.4, -0.2) is 97.3 Å². The van der Waals surface area contributed by atoms with Crippen LogP contribution in [0.3, 0.4) is 0 Å². The van der Waals surface area contributed by atoms with Gasteiger partial charge in [-0.15, -0.1) is 0 Å².